The Hall–Kier alpha value is -0.650. The number of hydrogen-bond acceptors (Lipinski definition) is 4. The predicted molar refractivity (Wildman–Crippen MR) is 91.2 cm³/mol. The normalized spacial score (nSPS) is 24.7. The molecule has 1 spiro atoms. The Morgan fingerprint density at radius 3 is 2.78 bits per heavy atom. The van der Waals surface area contributed by atoms with Gasteiger partial charge in [-0.05, 0) is 32.2 Å². The van der Waals surface area contributed by atoms with Gasteiger partial charge in [-0.25, -0.2) is 0 Å². The first-order valence-electron chi connectivity index (χ1n) is 9.39. The molecule has 0 bridgehead atoms. The van der Waals surface area contributed by atoms with Crippen LogP contribution in [0.1, 0.15) is 58.3 Å². The van der Waals surface area contributed by atoms with Crippen LogP contribution in [0.15, 0.2) is 0 Å². The van der Waals surface area contributed by atoms with E-state index in [1.165, 1.54) is 19.3 Å². The third-order valence-electron chi connectivity index (χ3n) is 5.10. The molecule has 1 aliphatic heterocycles. The van der Waals surface area contributed by atoms with Crippen LogP contribution in [0, 0.1) is 11.8 Å². The molecule has 2 aliphatic rings. The fraction of sp³-hybridized carbons (Fsp3) is 0.944. The van der Waals surface area contributed by atoms with Gasteiger partial charge in [0, 0.05) is 25.9 Å². The Balaban J connectivity index is 1.81. The number of carbonyl (C=O) groups is 1. The van der Waals surface area contributed by atoms with Crippen LogP contribution in [0.4, 0.5) is 0 Å². The number of nitrogens with one attached hydrogen (secondary N) is 2. The van der Waals surface area contributed by atoms with Gasteiger partial charge in [0.15, 0.2) is 5.79 Å². The summed E-state index contributed by atoms with van der Waals surface area (Å²) in [6.45, 7) is 5.14. The zero-order valence-corrected chi connectivity index (χ0v) is 14.9. The Bertz CT molecular complexity index is 356. The number of ether oxygens (including phenoxy) is 2. The topological polar surface area (TPSA) is 59.6 Å². The molecule has 1 heterocycles. The Kier molecular flexibility index (Phi) is 7.80. The summed E-state index contributed by atoms with van der Waals surface area (Å²) in [6.07, 6.45) is 8.61. The smallest absolute Gasteiger partial charge is 0.224 e. The van der Waals surface area contributed by atoms with E-state index >= 15 is 0 Å². The molecular weight excluding hydrogens is 292 g/mol. The highest BCUT2D eigenvalue weighted by molar-refractivity contribution is 5.78. The fourth-order valence-corrected chi connectivity index (χ4v) is 3.93. The summed E-state index contributed by atoms with van der Waals surface area (Å²) in [5, 5.41) is 6.29. The highest BCUT2D eigenvalue weighted by Gasteiger charge is 2.42. The fourth-order valence-electron chi connectivity index (χ4n) is 3.93. The lowest BCUT2D eigenvalue weighted by Crippen LogP contribution is -2.41. The molecule has 2 fully saturated rings. The summed E-state index contributed by atoms with van der Waals surface area (Å²) in [5.74, 6) is 0.415. The first kappa shape index (κ1) is 18.7. The number of unbranched alkanes of at least 4 members (excludes halogenated alkanes) is 2. The highest BCUT2D eigenvalue weighted by Crippen LogP contribution is 2.40. The standard InChI is InChI=1S/C18H34N2O3/c1-3-4-5-9-20-17(21)16(14-19-2)12-15-7-6-8-18(13-15)22-10-11-23-18/h15-16,19H,3-14H2,1-2H3,(H,20,21)/t15?,16-/m1/s1. The largest absolute Gasteiger partial charge is 0.356 e. The molecule has 0 aromatic rings. The summed E-state index contributed by atoms with van der Waals surface area (Å²) < 4.78 is 11.7. The lowest BCUT2D eigenvalue weighted by Gasteiger charge is -2.37. The molecule has 2 N–H and O–H groups in total. The van der Waals surface area contributed by atoms with E-state index in [1.807, 2.05) is 7.05 Å². The SMILES string of the molecule is CCCCCNC(=O)[C@@H](CNC)CC1CCCC2(C1)OCCO2. The molecule has 1 amide bonds. The van der Waals surface area contributed by atoms with Gasteiger partial charge in [0.2, 0.25) is 5.91 Å². The lowest BCUT2D eigenvalue weighted by molar-refractivity contribution is -0.188. The van der Waals surface area contributed by atoms with Crippen molar-refractivity contribution in [2.75, 3.05) is 33.4 Å². The number of rotatable bonds is 9. The third-order valence-corrected chi connectivity index (χ3v) is 5.10. The quantitative estimate of drug-likeness (QED) is 0.639. The first-order chi connectivity index (χ1) is 11.2. The van der Waals surface area contributed by atoms with Crippen molar-refractivity contribution in [1.82, 2.24) is 10.6 Å². The van der Waals surface area contributed by atoms with Crippen LogP contribution >= 0.6 is 0 Å². The molecule has 5 heteroatoms. The van der Waals surface area contributed by atoms with Crippen molar-refractivity contribution in [1.29, 1.82) is 0 Å². The molecule has 2 atom stereocenters. The zero-order valence-electron chi connectivity index (χ0n) is 14.9. The first-order valence-corrected chi connectivity index (χ1v) is 9.39. The summed E-state index contributed by atoms with van der Waals surface area (Å²) in [7, 11) is 1.92. The van der Waals surface area contributed by atoms with Crippen LogP contribution < -0.4 is 10.6 Å². The van der Waals surface area contributed by atoms with Crippen molar-refractivity contribution in [3.63, 3.8) is 0 Å². The van der Waals surface area contributed by atoms with Crippen molar-refractivity contribution < 1.29 is 14.3 Å². The monoisotopic (exact) mass is 326 g/mol. The van der Waals surface area contributed by atoms with Gasteiger partial charge in [-0.3, -0.25) is 4.79 Å². The Morgan fingerprint density at radius 2 is 2.09 bits per heavy atom. The summed E-state index contributed by atoms with van der Waals surface area (Å²) in [6, 6.07) is 0. The van der Waals surface area contributed by atoms with Crippen LogP contribution in [0.5, 0.6) is 0 Å². The predicted octanol–water partition coefficient (Wildman–Crippen LogP) is 2.45. The van der Waals surface area contributed by atoms with Crippen molar-refractivity contribution >= 4 is 5.91 Å². The van der Waals surface area contributed by atoms with Crippen molar-refractivity contribution in [3.8, 4) is 0 Å². The van der Waals surface area contributed by atoms with E-state index in [0.29, 0.717) is 19.1 Å². The van der Waals surface area contributed by atoms with Gasteiger partial charge < -0.3 is 20.1 Å². The third kappa shape index (κ3) is 5.73. The van der Waals surface area contributed by atoms with Crippen LogP contribution in [0.25, 0.3) is 0 Å². The minimum absolute atomic E-state index is 0.0446. The molecule has 0 aromatic heterocycles. The second kappa shape index (κ2) is 9.60. The van der Waals surface area contributed by atoms with Crippen molar-refractivity contribution in [3.05, 3.63) is 0 Å². The van der Waals surface area contributed by atoms with Crippen LogP contribution in [0.2, 0.25) is 0 Å². The van der Waals surface area contributed by atoms with Crippen molar-refractivity contribution in [2.24, 2.45) is 11.8 Å². The molecule has 2 rings (SSSR count). The maximum atomic E-state index is 12.5. The van der Waals surface area contributed by atoms with Gasteiger partial charge >= 0.3 is 0 Å². The van der Waals surface area contributed by atoms with E-state index in [9.17, 15) is 4.79 Å². The summed E-state index contributed by atoms with van der Waals surface area (Å²) in [5.41, 5.74) is 0. The minimum atomic E-state index is -0.343. The van der Waals surface area contributed by atoms with Crippen LogP contribution in [-0.2, 0) is 14.3 Å². The average Bonchev–Trinajstić information content (AvgIpc) is 2.98. The molecule has 1 unspecified atom stereocenters. The molecule has 0 radical (unpaired) electrons. The van der Waals surface area contributed by atoms with Gasteiger partial charge in [-0.2, -0.15) is 0 Å². The maximum Gasteiger partial charge on any atom is 0.224 e. The number of amides is 1. The summed E-state index contributed by atoms with van der Waals surface area (Å²) in [4.78, 5) is 12.5. The maximum absolute atomic E-state index is 12.5. The van der Waals surface area contributed by atoms with E-state index in [4.69, 9.17) is 9.47 Å². The Morgan fingerprint density at radius 1 is 1.30 bits per heavy atom. The van der Waals surface area contributed by atoms with E-state index in [0.717, 1.165) is 45.2 Å². The number of hydrogen-bond donors (Lipinski definition) is 2. The molecule has 23 heavy (non-hydrogen) atoms. The second-order valence-electron chi connectivity index (χ2n) is 7.06. The molecule has 134 valence electrons. The van der Waals surface area contributed by atoms with Crippen LogP contribution in [-0.4, -0.2) is 45.0 Å². The molecular formula is C18H34N2O3. The van der Waals surface area contributed by atoms with Gasteiger partial charge in [0.05, 0.1) is 19.1 Å². The van der Waals surface area contributed by atoms with Gasteiger partial charge in [-0.1, -0.05) is 26.2 Å². The molecule has 5 nitrogen and oxygen atoms in total. The molecule has 1 aliphatic carbocycles. The number of carbonyl (C=O) groups excluding carboxylic acids is 1. The Labute approximate surface area is 140 Å². The zero-order chi connectivity index (χ0) is 16.5. The highest BCUT2D eigenvalue weighted by atomic mass is 16.7. The van der Waals surface area contributed by atoms with E-state index in [2.05, 4.69) is 17.6 Å². The van der Waals surface area contributed by atoms with E-state index < -0.39 is 0 Å². The van der Waals surface area contributed by atoms with Gasteiger partial charge in [-0.15, -0.1) is 0 Å². The summed E-state index contributed by atoms with van der Waals surface area (Å²) >= 11 is 0. The van der Waals surface area contributed by atoms with Crippen molar-refractivity contribution in [2.45, 2.75) is 64.1 Å². The van der Waals surface area contributed by atoms with Gasteiger partial charge in [0.1, 0.15) is 0 Å². The minimum Gasteiger partial charge on any atom is -0.356 e. The van der Waals surface area contributed by atoms with E-state index in [-0.39, 0.29) is 17.6 Å². The molecule has 1 saturated carbocycles. The molecule has 1 saturated heterocycles. The van der Waals surface area contributed by atoms with Crippen LogP contribution in [0.3, 0.4) is 0 Å². The van der Waals surface area contributed by atoms with E-state index in [1.54, 1.807) is 0 Å². The second-order valence-corrected chi connectivity index (χ2v) is 7.06. The average molecular weight is 326 g/mol. The lowest BCUT2D eigenvalue weighted by atomic mass is 9.79. The molecule has 0 aromatic carbocycles. The van der Waals surface area contributed by atoms with Gasteiger partial charge in [0.25, 0.3) is 0 Å².